The third-order valence-corrected chi connectivity index (χ3v) is 4.57. The minimum absolute atomic E-state index is 0.262. The van der Waals surface area contributed by atoms with E-state index in [1.54, 1.807) is 0 Å². The highest BCUT2D eigenvalue weighted by atomic mass is 16.5. The lowest BCUT2D eigenvalue weighted by atomic mass is 10.1. The van der Waals surface area contributed by atoms with Crippen molar-refractivity contribution in [1.82, 2.24) is 19.9 Å². The molecule has 0 aromatic carbocycles. The molecule has 1 unspecified atom stereocenters. The minimum Gasteiger partial charge on any atom is -0.375 e. The molecule has 1 atom stereocenters. The van der Waals surface area contributed by atoms with E-state index in [0.29, 0.717) is 19.1 Å². The number of rotatable bonds is 5. The summed E-state index contributed by atoms with van der Waals surface area (Å²) in [6.07, 6.45) is 7.47. The van der Waals surface area contributed by atoms with Crippen LogP contribution in [0.25, 0.3) is 0 Å². The van der Waals surface area contributed by atoms with Gasteiger partial charge in [-0.15, -0.1) is 5.10 Å². The second-order valence-electron chi connectivity index (χ2n) is 6.04. The Kier molecular flexibility index (Phi) is 4.53. The smallest absolute Gasteiger partial charge is 0.225 e. The van der Waals surface area contributed by atoms with E-state index in [1.807, 2.05) is 22.7 Å². The van der Waals surface area contributed by atoms with Crippen molar-refractivity contribution in [2.45, 2.75) is 51.7 Å². The molecule has 1 aliphatic carbocycles. The Morgan fingerprint density at radius 1 is 1.38 bits per heavy atom. The summed E-state index contributed by atoms with van der Waals surface area (Å²) in [6, 6.07) is 0.262. The standard InChI is InChI=1S/C15H24N4O2/c1-2-21-11-13-9-19(17-16-13)14-7-8-18(10-14)15(20)12-5-3-4-6-12/h9,12,14H,2-8,10-11H2,1H3. The van der Waals surface area contributed by atoms with Crippen LogP contribution < -0.4 is 0 Å². The van der Waals surface area contributed by atoms with Gasteiger partial charge in [-0.3, -0.25) is 4.79 Å². The van der Waals surface area contributed by atoms with E-state index in [9.17, 15) is 4.79 Å². The Bertz CT molecular complexity index is 482. The minimum atomic E-state index is 0.262. The third-order valence-electron chi connectivity index (χ3n) is 4.57. The van der Waals surface area contributed by atoms with Crippen LogP contribution >= 0.6 is 0 Å². The first-order valence-electron chi connectivity index (χ1n) is 8.05. The highest BCUT2D eigenvalue weighted by molar-refractivity contribution is 5.79. The maximum atomic E-state index is 12.4. The van der Waals surface area contributed by atoms with Crippen molar-refractivity contribution in [3.05, 3.63) is 11.9 Å². The summed E-state index contributed by atoms with van der Waals surface area (Å²) >= 11 is 0. The molecule has 1 saturated carbocycles. The van der Waals surface area contributed by atoms with Crippen LogP contribution in [0.4, 0.5) is 0 Å². The summed E-state index contributed by atoms with van der Waals surface area (Å²) in [5.74, 6) is 0.623. The first-order chi connectivity index (χ1) is 10.3. The Hall–Kier alpha value is -1.43. The van der Waals surface area contributed by atoms with Crippen molar-refractivity contribution in [2.24, 2.45) is 5.92 Å². The highest BCUT2D eigenvalue weighted by Crippen LogP contribution is 2.29. The van der Waals surface area contributed by atoms with Gasteiger partial charge in [-0.2, -0.15) is 0 Å². The number of ether oxygens (including phenoxy) is 1. The molecule has 1 aliphatic heterocycles. The zero-order valence-electron chi connectivity index (χ0n) is 12.7. The van der Waals surface area contributed by atoms with Gasteiger partial charge < -0.3 is 9.64 Å². The molecule has 2 heterocycles. The molecule has 1 aromatic rings. The summed E-state index contributed by atoms with van der Waals surface area (Å²) in [5.41, 5.74) is 0.859. The lowest BCUT2D eigenvalue weighted by molar-refractivity contribution is -0.134. The van der Waals surface area contributed by atoms with Gasteiger partial charge in [0, 0.05) is 25.6 Å². The van der Waals surface area contributed by atoms with Crippen LogP contribution in [-0.2, 0) is 16.1 Å². The lowest BCUT2D eigenvalue weighted by Gasteiger charge is -2.20. The van der Waals surface area contributed by atoms with Gasteiger partial charge in [0.15, 0.2) is 0 Å². The van der Waals surface area contributed by atoms with Gasteiger partial charge in [-0.05, 0) is 26.2 Å². The Labute approximate surface area is 125 Å². The molecule has 1 aromatic heterocycles. The van der Waals surface area contributed by atoms with E-state index in [4.69, 9.17) is 4.74 Å². The number of hydrogen-bond donors (Lipinski definition) is 0. The maximum absolute atomic E-state index is 12.4. The zero-order valence-corrected chi connectivity index (χ0v) is 12.7. The summed E-state index contributed by atoms with van der Waals surface area (Å²) in [7, 11) is 0. The predicted octanol–water partition coefficient (Wildman–Crippen LogP) is 1.78. The molecule has 0 spiro atoms. The van der Waals surface area contributed by atoms with Crippen molar-refractivity contribution < 1.29 is 9.53 Å². The fourth-order valence-electron chi connectivity index (χ4n) is 3.35. The van der Waals surface area contributed by atoms with E-state index in [-0.39, 0.29) is 12.0 Å². The summed E-state index contributed by atoms with van der Waals surface area (Å²) in [4.78, 5) is 14.5. The summed E-state index contributed by atoms with van der Waals surface area (Å²) in [5, 5.41) is 8.32. The van der Waals surface area contributed by atoms with E-state index in [0.717, 1.165) is 38.0 Å². The second kappa shape index (κ2) is 6.56. The zero-order chi connectivity index (χ0) is 14.7. The molecular formula is C15H24N4O2. The first kappa shape index (κ1) is 14.5. The number of amides is 1. The molecule has 21 heavy (non-hydrogen) atoms. The number of aromatic nitrogens is 3. The van der Waals surface area contributed by atoms with Crippen molar-refractivity contribution in [3.63, 3.8) is 0 Å². The highest BCUT2D eigenvalue weighted by Gasteiger charge is 2.33. The molecular weight excluding hydrogens is 268 g/mol. The molecule has 3 rings (SSSR count). The van der Waals surface area contributed by atoms with Crippen molar-refractivity contribution >= 4 is 5.91 Å². The normalized spacial score (nSPS) is 23.1. The van der Waals surface area contributed by atoms with Crippen LogP contribution in [0.5, 0.6) is 0 Å². The molecule has 6 heteroatoms. The number of nitrogens with zero attached hydrogens (tertiary/aromatic N) is 4. The van der Waals surface area contributed by atoms with Crippen molar-refractivity contribution in [2.75, 3.05) is 19.7 Å². The van der Waals surface area contributed by atoms with Crippen LogP contribution in [0, 0.1) is 5.92 Å². The Balaban J connectivity index is 1.56. The van der Waals surface area contributed by atoms with Crippen molar-refractivity contribution in [3.8, 4) is 0 Å². The van der Waals surface area contributed by atoms with Crippen LogP contribution in [0.2, 0.25) is 0 Å². The number of likely N-dealkylation sites (tertiary alicyclic amines) is 1. The van der Waals surface area contributed by atoms with Crippen molar-refractivity contribution in [1.29, 1.82) is 0 Å². The number of carbonyl (C=O) groups excluding carboxylic acids is 1. The fourth-order valence-corrected chi connectivity index (χ4v) is 3.35. The van der Waals surface area contributed by atoms with Gasteiger partial charge in [0.1, 0.15) is 5.69 Å². The van der Waals surface area contributed by atoms with E-state index < -0.39 is 0 Å². The number of hydrogen-bond acceptors (Lipinski definition) is 4. The average Bonchev–Trinajstić information content (AvgIpc) is 3.24. The molecule has 0 bridgehead atoms. The number of carbonyl (C=O) groups is 1. The SMILES string of the molecule is CCOCc1cn(C2CCN(C(=O)C3CCCC3)C2)nn1. The molecule has 2 aliphatic rings. The third kappa shape index (κ3) is 3.26. The maximum Gasteiger partial charge on any atom is 0.225 e. The monoisotopic (exact) mass is 292 g/mol. The largest absolute Gasteiger partial charge is 0.375 e. The van der Waals surface area contributed by atoms with E-state index in [2.05, 4.69) is 10.3 Å². The lowest BCUT2D eigenvalue weighted by Crippen LogP contribution is -2.33. The molecule has 6 nitrogen and oxygen atoms in total. The topological polar surface area (TPSA) is 60.2 Å². The quantitative estimate of drug-likeness (QED) is 0.830. The van der Waals surface area contributed by atoms with E-state index in [1.165, 1.54) is 12.8 Å². The predicted molar refractivity (Wildman–Crippen MR) is 77.5 cm³/mol. The van der Waals surface area contributed by atoms with Gasteiger partial charge >= 0.3 is 0 Å². The summed E-state index contributed by atoms with van der Waals surface area (Å²) in [6.45, 7) is 4.77. The van der Waals surface area contributed by atoms with Crippen LogP contribution in [-0.4, -0.2) is 45.5 Å². The Morgan fingerprint density at radius 2 is 2.19 bits per heavy atom. The average molecular weight is 292 g/mol. The van der Waals surface area contributed by atoms with Crippen LogP contribution in [0.3, 0.4) is 0 Å². The molecule has 0 radical (unpaired) electrons. The molecule has 0 N–H and O–H groups in total. The van der Waals surface area contributed by atoms with E-state index >= 15 is 0 Å². The molecule has 1 saturated heterocycles. The first-order valence-corrected chi connectivity index (χ1v) is 8.05. The van der Waals surface area contributed by atoms with Gasteiger partial charge in [-0.1, -0.05) is 18.1 Å². The molecule has 1 amide bonds. The van der Waals surface area contributed by atoms with Crippen LogP contribution in [0.15, 0.2) is 6.20 Å². The second-order valence-corrected chi connectivity index (χ2v) is 6.04. The van der Waals surface area contributed by atoms with Gasteiger partial charge in [0.25, 0.3) is 0 Å². The molecule has 116 valence electrons. The van der Waals surface area contributed by atoms with Gasteiger partial charge in [-0.25, -0.2) is 4.68 Å². The Morgan fingerprint density at radius 3 is 2.95 bits per heavy atom. The fraction of sp³-hybridized carbons (Fsp3) is 0.800. The summed E-state index contributed by atoms with van der Waals surface area (Å²) < 4.78 is 7.24. The molecule has 2 fully saturated rings. The van der Waals surface area contributed by atoms with Gasteiger partial charge in [0.2, 0.25) is 5.91 Å². The van der Waals surface area contributed by atoms with Crippen LogP contribution in [0.1, 0.15) is 50.8 Å². The van der Waals surface area contributed by atoms with Gasteiger partial charge in [0.05, 0.1) is 18.8 Å².